The van der Waals surface area contributed by atoms with Crippen molar-refractivity contribution in [2.24, 2.45) is 0 Å². The molecule has 0 bridgehead atoms. The molecule has 4 aromatic carbocycles. The van der Waals surface area contributed by atoms with E-state index in [0.29, 0.717) is 29.7 Å². The number of nitrogen functional groups attached to an aromatic ring is 1. The number of carbonyl (C=O) groups is 2. The summed E-state index contributed by atoms with van der Waals surface area (Å²) in [5.74, 6) is 0.868. The molecule has 17 heteroatoms. The third kappa shape index (κ3) is 11.9. The molecule has 5 aromatic rings. The first-order valence-corrected chi connectivity index (χ1v) is 19.8. The molecule has 0 amide bonds. The summed E-state index contributed by atoms with van der Waals surface area (Å²) >= 11 is 0. The fourth-order valence-corrected chi connectivity index (χ4v) is 5.43. The lowest BCUT2D eigenvalue weighted by molar-refractivity contribution is 0.0980. The number of ketones is 2. The van der Waals surface area contributed by atoms with Gasteiger partial charge in [0, 0.05) is 36.6 Å². The van der Waals surface area contributed by atoms with E-state index in [2.05, 4.69) is 25.6 Å². The highest BCUT2D eigenvalue weighted by Gasteiger charge is 2.36. The van der Waals surface area contributed by atoms with Crippen molar-refractivity contribution in [1.29, 1.82) is 0 Å². The van der Waals surface area contributed by atoms with Gasteiger partial charge in [0.2, 0.25) is 11.9 Å². The molecule has 15 nitrogen and oxygen atoms in total. The van der Waals surface area contributed by atoms with Gasteiger partial charge < -0.3 is 21.3 Å². The van der Waals surface area contributed by atoms with Crippen LogP contribution < -0.4 is 21.3 Å². The Morgan fingerprint density at radius 2 is 1.19 bits per heavy atom. The fraction of sp³-hybridized carbons (Fsp3) is 0.216. The highest BCUT2D eigenvalue weighted by atomic mass is 32.2. The maximum atomic E-state index is 13.1. The van der Waals surface area contributed by atoms with Crippen LogP contribution in [0.5, 0.6) is 0 Å². The van der Waals surface area contributed by atoms with Crippen molar-refractivity contribution in [3.8, 4) is 0 Å². The Balaban J connectivity index is 0.000000330. The number of hydrogen-bond donors (Lipinski definition) is 5. The summed E-state index contributed by atoms with van der Waals surface area (Å²) in [6.45, 7) is 9.85. The lowest BCUT2D eigenvalue weighted by Gasteiger charge is -2.23. The molecule has 6 N–H and O–H groups in total. The van der Waals surface area contributed by atoms with Crippen molar-refractivity contribution >= 4 is 66.4 Å². The number of benzene rings is 4. The third-order valence-electron chi connectivity index (χ3n) is 6.93. The molecule has 0 aliphatic heterocycles. The topological polar surface area (TPSA) is 235 Å². The van der Waals surface area contributed by atoms with Gasteiger partial charge in [-0.25, -0.2) is 0 Å². The van der Waals surface area contributed by atoms with Gasteiger partial charge in [-0.15, -0.1) is 0 Å². The van der Waals surface area contributed by atoms with Gasteiger partial charge in [0.15, 0.2) is 11.6 Å². The molecular formula is C37H45N7O8S2. The number of fused-ring (bicyclic) bond motifs is 2. The SMILES string of the molecule is CC.CC.CNc1nc(C)nc(N(C)c2ccccc2)n1.CS(=O)(=O)O.Nc1c(S(=O)(=O)O)cc(Nc2ccccc2)c2c1C(=O)c1ccccc1C2=O. The molecule has 0 saturated carbocycles. The van der Waals surface area contributed by atoms with Gasteiger partial charge in [-0.1, -0.05) is 88.4 Å². The zero-order valence-corrected chi connectivity index (χ0v) is 32.8. The number of aromatic nitrogens is 3. The third-order valence-corrected chi connectivity index (χ3v) is 7.83. The largest absolute Gasteiger partial charge is 0.397 e. The number of rotatable bonds is 6. The van der Waals surface area contributed by atoms with Crippen LogP contribution in [0.25, 0.3) is 0 Å². The molecule has 54 heavy (non-hydrogen) atoms. The summed E-state index contributed by atoms with van der Waals surface area (Å²) in [5, 5.41) is 5.88. The van der Waals surface area contributed by atoms with E-state index in [4.69, 9.17) is 10.3 Å². The molecule has 1 aromatic heterocycles. The highest BCUT2D eigenvalue weighted by molar-refractivity contribution is 7.86. The summed E-state index contributed by atoms with van der Waals surface area (Å²) < 4.78 is 59.1. The van der Waals surface area contributed by atoms with E-state index in [9.17, 15) is 31.0 Å². The maximum Gasteiger partial charge on any atom is 0.296 e. The summed E-state index contributed by atoms with van der Waals surface area (Å²) in [6, 6.07) is 26.0. The molecule has 0 atom stereocenters. The van der Waals surface area contributed by atoms with E-state index < -0.39 is 42.4 Å². The smallest absolute Gasteiger partial charge is 0.296 e. The van der Waals surface area contributed by atoms with Gasteiger partial charge in [-0.05, 0) is 37.3 Å². The number of nitrogens with two attached hydrogens (primary N) is 1. The van der Waals surface area contributed by atoms with Crippen LogP contribution in [0.3, 0.4) is 0 Å². The Bertz CT molecular complexity index is 2270. The number of aryl methyl sites for hydroxylation is 1. The molecule has 288 valence electrons. The van der Waals surface area contributed by atoms with E-state index in [-0.39, 0.29) is 27.9 Å². The highest BCUT2D eigenvalue weighted by Crippen LogP contribution is 2.40. The van der Waals surface area contributed by atoms with Gasteiger partial charge in [-0.2, -0.15) is 31.8 Å². The first-order valence-electron chi connectivity index (χ1n) is 16.6. The summed E-state index contributed by atoms with van der Waals surface area (Å²) in [6.07, 6.45) is 0.715. The van der Waals surface area contributed by atoms with Crippen molar-refractivity contribution in [2.45, 2.75) is 39.5 Å². The molecular weight excluding hydrogens is 735 g/mol. The number of nitrogens with zero attached hydrogens (tertiary/aromatic N) is 4. The molecule has 0 unspecified atom stereocenters. The monoisotopic (exact) mass is 779 g/mol. The first kappa shape index (κ1) is 44.4. The Kier molecular flexibility index (Phi) is 16.4. The second kappa shape index (κ2) is 19.9. The molecule has 0 fully saturated rings. The Morgan fingerprint density at radius 1 is 0.722 bits per heavy atom. The first-order chi connectivity index (χ1) is 25.5. The van der Waals surface area contributed by atoms with E-state index in [1.807, 2.05) is 76.9 Å². The Morgan fingerprint density at radius 3 is 1.67 bits per heavy atom. The van der Waals surface area contributed by atoms with Crippen LogP contribution in [-0.4, -0.2) is 72.8 Å². The summed E-state index contributed by atoms with van der Waals surface area (Å²) in [5.41, 5.74) is 7.20. The van der Waals surface area contributed by atoms with Crippen LogP contribution >= 0.6 is 0 Å². The summed E-state index contributed by atoms with van der Waals surface area (Å²) in [4.78, 5) is 40.2. The van der Waals surface area contributed by atoms with Gasteiger partial charge >= 0.3 is 0 Å². The van der Waals surface area contributed by atoms with Gasteiger partial charge in [0.25, 0.3) is 20.2 Å². The quantitative estimate of drug-likeness (QED) is 0.0887. The van der Waals surface area contributed by atoms with Crippen molar-refractivity contribution in [3.05, 3.63) is 119 Å². The zero-order valence-electron chi connectivity index (χ0n) is 31.2. The Labute approximate surface area is 316 Å². The molecule has 0 radical (unpaired) electrons. The standard InChI is InChI=1S/C20H14N2O5S.C12H15N5.2C2H6.CH4O3S/c21-18-15(28(25,26)27)10-14(22-11-6-2-1-3-7-11)16-17(18)20(24)13-9-5-4-8-12(13)19(16)23;1-9-14-11(13-2)16-12(15-9)17(3)10-7-5-4-6-8-10;2*1-2;1-5(2,3)4/h1-10,22H,21H2,(H,25,26,27);4-8H,1-3H3,(H,13,14,15,16);2*1-2H3;1H3,(H,2,3,4). The van der Waals surface area contributed by atoms with E-state index in [0.717, 1.165) is 11.8 Å². The number of anilines is 6. The zero-order chi connectivity index (χ0) is 40.8. The average molecular weight is 780 g/mol. The van der Waals surface area contributed by atoms with Crippen LogP contribution in [0.15, 0.2) is 95.9 Å². The minimum absolute atomic E-state index is 0.0301. The lowest BCUT2D eigenvalue weighted by atomic mass is 9.82. The average Bonchev–Trinajstić information content (AvgIpc) is 3.15. The number of carbonyl (C=O) groups excluding carboxylic acids is 2. The minimum Gasteiger partial charge on any atom is -0.397 e. The predicted molar refractivity (Wildman–Crippen MR) is 212 cm³/mol. The van der Waals surface area contributed by atoms with Crippen LogP contribution in [0.4, 0.5) is 34.6 Å². The molecule has 0 spiro atoms. The van der Waals surface area contributed by atoms with E-state index >= 15 is 0 Å². The summed E-state index contributed by atoms with van der Waals surface area (Å²) in [7, 11) is -4.67. The normalized spacial score (nSPS) is 11.2. The van der Waals surface area contributed by atoms with Gasteiger partial charge in [0.1, 0.15) is 10.7 Å². The van der Waals surface area contributed by atoms with Gasteiger partial charge in [0.05, 0.1) is 28.8 Å². The second-order valence-electron chi connectivity index (χ2n) is 10.6. The Hall–Kier alpha value is -5.75. The van der Waals surface area contributed by atoms with Gasteiger partial charge in [-0.3, -0.25) is 18.7 Å². The van der Waals surface area contributed by atoms with Crippen molar-refractivity contribution in [2.75, 3.05) is 41.6 Å². The van der Waals surface area contributed by atoms with Crippen LogP contribution in [-0.2, 0) is 20.2 Å². The van der Waals surface area contributed by atoms with E-state index in [1.54, 1.807) is 49.5 Å². The molecule has 1 heterocycles. The molecule has 0 saturated heterocycles. The number of hydrogen-bond acceptors (Lipinski definition) is 13. The van der Waals surface area contributed by atoms with Crippen LogP contribution in [0.2, 0.25) is 0 Å². The number of para-hydroxylation sites is 2. The van der Waals surface area contributed by atoms with Crippen molar-refractivity contribution in [1.82, 2.24) is 15.0 Å². The van der Waals surface area contributed by atoms with Crippen LogP contribution in [0, 0.1) is 6.92 Å². The molecule has 6 rings (SSSR count). The number of nitrogens with one attached hydrogen (secondary N) is 2. The van der Waals surface area contributed by atoms with E-state index in [1.165, 1.54) is 12.1 Å². The second-order valence-corrected chi connectivity index (χ2v) is 13.5. The lowest BCUT2D eigenvalue weighted by Crippen LogP contribution is -2.25. The van der Waals surface area contributed by atoms with Crippen molar-refractivity contribution in [3.63, 3.8) is 0 Å². The minimum atomic E-state index is -4.73. The fourth-order valence-electron chi connectivity index (χ4n) is 4.78. The van der Waals surface area contributed by atoms with Crippen LogP contribution in [0.1, 0.15) is 65.4 Å². The molecule has 1 aliphatic carbocycles. The maximum absolute atomic E-state index is 13.1. The van der Waals surface area contributed by atoms with Crippen molar-refractivity contribution < 1.29 is 35.5 Å². The molecule has 1 aliphatic rings. The predicted octanol–water partition coefficient (Wildman–Crippen LogP) is 6.58.